The fourth-order valence-electron chi connectivity index (χ4n) is 4.29. The van der Waals surface area contributed by atoms with Gasteiger partial charge in [0, 0.05) is 11.1 Å². The zero-order valence-corrected chi connectivity index (χ0v) is 18.0. The van der Waals surface area contributed by atoms with Crippen LogP contribution in [-0.2, 0) is 0 Å². The summed E-state index contributed by atoms with van der Waals surface area (Å²) in [6, 6.07) is 22.4. The van der Waals surface area contributed by atoms with Gasteiger partial charge in [0.15, 0.2) is 0 Å². The van der Waals surface area contributed by atoms with Crippen LogP contribution in [-0.4, -0.2) is 25.6 Å². The molecule has 9 heteroatoms. The molecule has 164 valence electrons. The number of fused-ring (bicyclic) bond motifs is 1. The summed E-state index contributed by atoms with van der Waals surface area (Å²) in [6.07, 6.45) is 1.90. The predicted octanol–water partition coefficient (Wildman–Crippen LogP) is 5.22. The van der Waals surface area contributed by atoms with Crippen molar-refractivity contribution in [1.82, 2.24) is 14.8 Å². The van der Waals surface area contributed by atoms with Crippen molar-refractivity contribution in [3.8, 4) is 0 Å². The number of nitro groups is 1. The van der Waals surface area contributed by atoms with Gasteiger partial charge in [-0.2, -0.15) is 10.1 Å². The van der Waals surface area contributed by atoms with Crippen LogP contribution in [0.2, 0.25) is 5.02 Å². The average molecular weight is 460 g/mol. The molecular weight excluding hydrogens is 442 g/mol. The van der Waals surface area contributed by atoms with E-state index in [-0.39, 0.29) is 17.3 Å². The number of amides is 1. The summed E-state index contributed by atoms with van der Waals surface area (Å²) < 4.78 is 1.69. The summed E-state index contributed by atoms with van der Waals surface area (Å²) in [4.78, 5) is 30.7. The van der Waals surface area contributed by atoms with Crippen LogP contribution in [0.15, 0.2) is 85.2 Å². The fourth-order valence-corrected chi connectivity index (χ4v) is 4.42. The van der Waals surface area contributed by atoms with Crippen molar-refractivity contribution in [2.24, 2.45) is 0 Å². The average Bonchev–Trinajstić information content (AvgIpc) is 3.33. The molecule has 0 bridgehead atoms. The lowest BCUT2D eigenvalue weighted by molar-refractivity contribution is -0.385. The number of nitrogens with zero attached hydrogens (tertiary/aromatic N) is 5. The Morgan fingerprint density at radius 2 is 1.61 bits per heavy atom. The molecule has 5 rings (SSSR count). The molecule has 0 radical (unpaired) electrons. The molecule has 8 nitrogen and oxygen atoms in total. The molecule has 1 aromatic heterocycles. The Labute approximate surface area is 194 Å². The number of halogens is 1. The first kappa shape index (κ1) is 20.8. The number of rotatable bonds is 4. The van der Waals surface area contributed by atoms with E-state index in [2.05, 4.69) is 10.1 Å². The zero-order chi connectivity index (χ0) is 22.9. The lowest BCUT2D eigenvalue weighted by Gasteiger charge is -2.39. The highest BCUT2D eigenvalue weighted by Gasteiger charge is 2.41. The summed E-state index contributed by atoms with van der Waals surface area (Å²) >= 11 is 6.08. The minimum absolute atomic E-state index is 0.00271. The molecular formula is C24H18ClN5O3. The molecule has 0 fully saturated rings. The summed E-state index contributed by atoms with van der Waals surface area (Å²) in [5.74, 6) is -0.168. The molecule has 1 aliphatic heterocycles. The van der Waals surface area contributed by atoms with Gasteiger partial charge in [-0.15, -0.1) is 0 Å². The van der Waals surface area contributed by atoms with Gasteiger partial charge >= 0.3 is 0 Å². The third-order valence-corrected chi connectivity index (χ3v) is 6.06. The molecule has 0 N–H and O–H groups in total. The van der Waals surface area contributed by atoms with E-state index in [4.69, 9.17) is 11.6 Å². The van der Waals surface area contributed by atoms with Crippen LogP contribution in [0.4, 0.5) is 11.6 Å². The van der Waals surface area contributed by atoms with Gasteiger partial charge in [-0.25, -0.2) is 4.68 Å². The summed E-state index contributed by atoms with van der Waals surface area (Å²) in [7, 11) is 0. The molecule has 1 aliphatic rings. The van der Waals surface area contributed by atoms with Crippen molar-refractivity contribution in [3.63, 3.8) is 0 Å². The number of nitro benzene ring substituents is 1. The molecule has 2 atom stereocenters. The van der Waals surface area contributed by atoms with Crippen molar-refractivity contribution in [3.05, 3.63) is 117 Å². The van der Waals surface area contributed by atoms with Crippen molar-refractivity contribution in [2.45, 2.75) is 18.5 Å². The summed E-state index contributed by atoms with van der Waals surface area (Å²) in [5.41, 5.74) is 1.63. The highest BCUT2D eigenvalue weighted by molar-refractivity contribution is 6.30. The number of hydrogen-bond donors (Lipinski definition) is 0. The van der Waals surface area contributed by atoms with E-state index >= 15 is 0 Å². The number of hydrogen-bond acceptors (Lipinski definition) is 5. The monoisotopic (exact) mass is 459 g/mol. The molecule has 3 aromatic carbocycles. The molecule has 0 saturated heterocycles. The van der Waals surface area contributed by atoms with E-state index in [0.29, 0.717) is 17.4 Å². The van der Waals surface area contributed by atoms with Crippen molar-refractivity contribution >= 4 is 29.1 Å². The largest absolute Gasteiger partial charge is 0.282 e. The Morgan fingerprint density at radius 3 is 2.33 bits per heavy atom. The minimum Gasteiger partial charge on any atom is -0.269 e. The number of aromatic nitrogens is 3. The van der Waals surface area contributed by atoms with Gasteiger partial charge in [0.25, 0.3) is 11.6 Å². The number of anilines is 1. The third-order valence-electron chi connectivity index (χ3n) is 5.81. The lowest BCUT2D eigenvalue weighted by atomic mass is 9.91. The van der Waals surface area contributed by atoms with Crippen LogP contribution in [0.5, 0.6) is 0 Å². The number of carbonyl (C=O) groups is 1. The molecule has 0 aliphatic carbocycles. The van der Waals surface area contributed by atoms with Crippen molar-refractivity contribution in [1.29, 1.82) is 0 Å². The molecule has 4 aromatic rings. The fraction of sp³-hybridized carbons (Fsp3) is 0.125. The zero-order valence-electron chi connectivity index (χ0n) is 17.3. The summed E-state index contributed by atoms with van der Waals surface area (Å²) in [6.45, 7) is 0. The van der Waals surface area contributed by atoms with Crippen molar-refractivity contribution < 1.29 is 9.72 Å². The van der Waals surface area contributed by atoms with Gasteiger partial charge in [-0.3, -0.25) is 19.8 Å². The quantitative estimate of drug-likeness (QED) is 0.308. The number of para-hydroxylation sites is 1. The third kappa shape index (κ3) is 3.74. The van der Waals surface area contributed by atoms with E-state index < -0.39 is 16.9 Å². The van der Waals surface area contributed by atoms with Crippen LogP contribution < -0.4 is 4.90 Å². The topological polar surface area (TPSA) is 94.2 Å². The first-order valence-corrected chi connectivity index (χ1v) is 10.7. The van der Waals surface area contributed by atoms with Crippen molar-refractivity contribution in [2.75, 3.05) is 4.90 Å². The van der Waals surface area contributed by atoms with E-state index in [9.17, 15) is 14.9 Å². The Bertz CT molecular complexity index is 1320. The SMILES string of the molecule is O=C(c1ccccc1[N+](=O)[O-])N1c2ncnn2[C@@H](c2ccc(Cl)cc2)C[C@@H]1c1ccccc1. The second kappa shape index (κ2) is 8.48. The van der Waals surface area contributed by atoms with E-state index in [1.54, 1.807) is 16.8 Å². The number of carbonyl (C=O) groups excluding carboxylic acids is 1. The van der Waals surface area contributed by atoms with Gasteiger partial charge in [0.05, 0.1) is 17.0 Å². The van der Waals surface area contributed by atoms with Gasteiger partial charge < -0.3 is 0 Å². The smallest absolute Gasteiger partial charge is 0.269 e. The van der Waals surface area contributed by atoms with E-state index in [1.165, 1.54) is 23.4 Å². The standard InChI is InChI=1S/C24H18ClN5O3/c25-18-12-10-17(11-13-18)22-14-21(16-6-2-1-3-7-16)28(24-26-15-27-29(22)24)23(31)19-8-4-5-9-20(19)30(32)33/h1-13,15,21-22H,14H2/t21-,22-/m1/s1. The Kier molecular flexibility index (Phi) is 5.35. The van der Waals surface area contributed by atoms with Crippen LogP contribution in [0.3, 0.4) is 0 Å². The van der Waals surface area contributed by atoms with Gasteiger partial charge in [-0.05, 0) is 35.7 Å². The van der Waals surface area contributed by atoms with Gasteiger partial charge in [0.1, 0.15) is 11.9 Å². The molecule has 0 spiro atoms. The maximum absolute atomic E-state index is 13.8. The second-order valence-corrected chi connectivity index (χ2v) is 8.12. The van der Waals surface area contributed by atoms with Crippen LogP contribution >= 0.6 is 11.6 Å². The molecule has 2 heterocycles. The van der Waals surface area contributed by atoms with E-state index in [1.807, 2.05) is 54.6 Å². The number of benzene rings is 3. The van der Waals surface area contributed by atoms with E-state index in [0.717, 1.165) is 11.1 Å². The lowest BCUT2D eigenvalue weighted by Crippen LogP contribution is -2.42. The Balaban J connectivity index is 1.67. The van der Waals surface area contributed by atoms with Crippen LogP contribution in [0.25, 0.3) is 0 Å². The highest BCUT2D eigenvalue weighted by atomic mass is 35.5. The summed E-state index contributed by atoms with van der Waals surface area (Å²) in [5, 5.41) is 16.6. The Morgan fingerprint density at radius 1 is 0.939 bits per heavy atom. The van der Waals surface area contributed by atoms with Gasteiger partial charge in [-0.1, -0.05) is 66.2 Å². The molecule has 33 heavy (non-hydrogen) atoms. The minimum atomic E-state index is -0.546. The molecule has 0 unspecified atom stereocenters. The maximum atomic E-state index is 13.8. The Hall–Kier alpha value is -4.04. The second-order valence-electron chi connectivity index (χ2n) is 7.68. The van der Waals surface area contributed by atoms with Gasteiger partial charge in [0.2, 0.25) is 5.95 Å². The molecule has 0 saturated carbocycles. The first-order valence-electron chi connectivity index (χ1n) is 10.3. The molecule has 1 amide bonds. The van der Waals surface area contributed by atoms with Crippen LogP contribution in [0.1, 0.15) is 40.0 Å². The normalized spacial score (nSPS) is 17.4. The highest BCUT2D eigenvalue weighted by Crippen LogP contribution is 2.43. The van der Waals surface area contributed by atoms with Crippen LogP contribution in [0, 0.1) is 10.1 Å². The first-order chi connectivity index (χ1) is 16.0. The predicted molar refractivity (Wildman–Crippen MR) is 123 cm³/mol. The maximum Gasteiger partial charge on any atom is 0.282 e.